The van der Waals surface area contributed by atoms with Crippen molar-refractivity contribution >= 4 is 23.4 Å². The summed E-state index contributed by atoms with van der Waals surface area (Å²) in [5, 5.41) is 11.6. The molecule has 0 aliphatic rings. The van der Waals surface area contributed by atoms with Crippen LogP contribution in [0.15, 0.2) is 47.6 Å². The number of nitrogen functional groups attached to an aromatic ring is 1. The van der Waals surface area contributed by atoms with Crippen LogP contribution in [-0.2, 0) is 11.4 Å². The minimum absolute atomic E-state index is 0.128. The Morgan fingerprint density at radius 2 is 1.97 bits per heavy atom. The van der Waals surface area contributed by atoms with Gasteiger partial charge in [0.1, 0.15) is 12.4 Å². The zero-order valence-electron chi connectivity index (χ0n) is 17.7. The topological polar surface area (TPSA) is 95.1 Å². The quantitative estimate of drug-likeness (QED) is 0.418. The van der Waals surface area contributed by atoms with E-state index in [0.29, 0.717) is 16.9 Å². The lowest BCUT2D eigenvalue weighted by molar-refractivity contribution is -0.113. The molecule has 0 saturated carbocycles. The molecule has 3 N–H and O–H groups in total. The number of nitrogens with zero attached hydrogens (tertiary/aromatic N) is 3. The van der Waals surface area contributed by atoms with E-state index in [4.69, 9.17) is 10.6 Å². The Labute approximate surface area is 181 Å². The number of hydrogen-bond donors (Lipinski definition) is 2. The van der Waals surface area contributed by atoms with Gasteiger partial charge < -0.3 is 15.9 Å². The predicted octanol–water partition coefficient (Wildman–Crippen LogP) is 4.04. The molecule has 0 spiro atoms. The summed E-state index contributed by atoms with van der Waals surface area (Å²) in [7, 11) is 0. The number of para-hydroxylation sites is 1. The normalized spacial score (nSPS) is 11.0. The number of anilines is 1. The average molecular weight is 426 g/mol. The van der Waals surface area contributed by atoms with Crippen LogP contribution in [-0.4, -0.2) is 26.5 Å². The van der Waals surface area contributed by atoms with Gasteiger partial charge in [0.15, 0.2) is 5.82 Å². The minimum atomic E-state index is -0.128. The van der Waals surface area contributed by atoms with Crippen LogP contribution in [0.4, 0.5) is 5.69 Å². The van der Waals surface area contributed by atoms with Crippen molar-refractivity contribution in [3.63, 3.8) is 0 Å². The van der Waals surface area contributed by atoms with Gasteiger partial charge in [-0.25, -0.2) is 4.68 Å². The molecule has 0 fully saturated rings. The molecular weight excluding hydrogens is 398 g/mol. The van der Waals surface area contributed by atoms with Crippen LogP contribution in [0.25, 0.3) is 0 Å². The molecule has 7 nitrogen and oxygen atoms in total. The number of nitrogens with one attached hydrogen (secondary N) is 1. The number of amides is 1. The smallest absolute Gasteiger partial charge is 0.234 e. The zero-order chi connectivity index (χ0) is 21.7. The van der Waals surface area contributed by atoms with Gasteiger partial charge in [-0.1, -0.05) is 55.9 Å². The van der Waals surface area contributed by atoms with Crippen molar-refractivity contribution in [3.05, 3.63) is 65.0 Å². The molecule has 0 saturated heterocycles. The van der Waals surface area contributed by atoms with E-state index in [2.05, 4.69) is 41.5 Å². The van der Waals surface area contributed by atoms with Crippen LogP contribution in [0, 0.1) is 13.8 Å². The molecule has 158 valence electrons. The molecule has 2 aromatic carbocycles. The molecular formula is C22H27N5O2S. The fourth-order valence-electron chi connectivity index (χ4n) is 2.92. The van der Waals surface area contributed by atoms with Gasteiger partial charge in [0, 0.05) is 5.69 Å². The van der Waals surface area contributed by atoms with Crippen LogP contribution in [0.1, 0.15) is 42.3 Å². The number of carbonyl (C=O) groups excluding carboxylic acids is 1. The lowest BCUT2D eigenvalue weighted by Gasteiger charge is -2.14. The summed E-state index contributed by atoms with van der Waals surface area (Å²) in [5.41, 5.74) is 4.06. The number of thioether (sulfide) groups is 1. The Morgan fingerprint density at radius 1 is 1.20 bits per heavy atom. The molecule has 0 atom stereocenters. The van der Waals surface area contributed by atoms with E-state index in [0.717, 1.165) is 28.1 Å². The van der Waals surface area contributed by atoms with E-state index in [-0.39, 0.29) is 18.3 Å². The number of rotatable bonds is 8. The highest BCUT2D eigenvalue weighted by Gasteiger charge is 2.15. The van der Waals surface area contributed by atoms with Gasteiger partial charge in [-0.15, -0.1) is 10.2 Å². The van der Waals surface area contributed by atoms with Crippen LogP contribution in [0.2, 0.25) is 0 Å². The first-order valence-electron chi connectivity index (χ1n) is 9.76. The summed E-state index contributed by atoms with van der Waals surface area (Å²) in [6.07, 6.45) is 0. The molecule has 0 radical (unpaired) electrons. The standard InChI is InChI=1S/C22H27N5O2S/c1-14(2)17-10-9-15(3)11-19(17)29-12-20-25-26-22(27(20)23)30-13-21(28)24-18-8-6-5-7-16(18)4/h5-11,14H,12-13,23H2,1-4H3,(H,24,28). The summed E-state index contributed by atoms with van der Waals surface area (Å²) >= 11 is 1.23. The largest absolute Gasteiger partial charge is 0.485 e. The maximum Gasteiger partial charge on any atom is 0.234 e. The van der Waals surface area contributed by atoms with Crippen molar-refractivity contribution < 1.29 is 9.53 Å². The maximum absolute atomic E-state index is 12.2. The molecule has 0 aliphatic carbocycles. The third-order valence-corrected chi connectivity index (χ3v) is 5.58. The highest BCUT2D eigenvalue weighted by atomic mass is 32.2. The number of aromatic nitrogens is 3. The van der Waals surface area contributed by atoms with Crippen molar-refractivity contribution in [1.82, 2.24) is 14.9 Å². The molecule has 1 amide bonds. The van der Waals surface area contributed by atoms with Crippen molar-refractivity contribution in [1.29, 1.82) is 0 Å². The number of ether oxygens (including phenoxy) is 1. The van der Waals surface area contributed by atoms with E-state index in [1.54, 1.807) is 0 Å². The van der Waals surface area contributed by atoms with Gasteiger partial charge >= 0.3 is 0 Å². The highest BCUT2D eigenvalue weighted by molar-refractivity contribution is 7.99. The van der Waals surface area contributed by atoms with Gasteiger partial charge in [0.2, 0.25) is 11.1 Å². The summed E-state index contributed by atoms with van der Waals surface area (Å²) in [5.74, 6) is 7.82. The van der Waals surface area contributed by atoms with Crippen LogP contribution in [0.3, 0.4) is 0 Å². The van der Waals surface area contributed by atoms with Crippen molar-refractivity contribution in [2.75, 3.05) is 16.9 Å². The van der Waals surface area contributed by atoms with Crippen molar-refractivity contribution in [2.45, 2.75) is 45.4 Å². The Hall–Kier alpha value is -3.00. The Bertz CT molecular complexity index is 1030. The van der Waals surface area contributed by atoms with Gasteiger partial charge in [-0.2, -0.15) is 0 Å². The molecule has 1 heterocycles. The lowest BCUT2D eigenvalue weighted by atomic mass is 10.0. The fraction of sp³-hybridized carbons (Fsp3) is 0.318. The first-order chi connectivity index (χ1) is 14.3. The Balaban J connectivity index is 1.59. The van der Waals surface area contributed by atoms with Crippen LogP contribution in [0.5, 0.6) is 5.75 Å². The molecule has 8 heteroatoms. The first-order valence-corrected chi connectivity index (χ1v) is 10.7. The average Bonchev–Trinajstić information content (AvgIpc) is 3.06. The minimum Gasteiger partial charge on any atom is -0.485 e. The summed E-state index contributed by atoms with van der Waals surface area (Å²) < 4.78 is 7.36. The van der Waals surface area contributed by atoms with Gasteiger partial charge in [0.05, 0.1) is 5.75 Å². The number of aryl methyl sites for hydroxylation is 2. The molecule has 3 aromatic rings. The second kappa shape index (κ2) is 9.67. The second-order valence-corrected chi connectivity index (χ2v) is 8.35. The van der Waals surface area contributed by atoms with E-state index >= 15 is 0 Å². The number of carbonyl (C=O) groups is 1. The first kappa shape index (κ1) is 21.7. The number of hydrogen-bond acceptors (Lipinski definition) is 6. The third kappa shape index (κ3) is 5.33. The highest BCUT2D eigenvalue weighted by Crippen LogP contribution is 2.28. The lowest BCUT2D eigenvalue weighted by Crippen LogP contribution is -2.18. The molecule has 3 rings (SSSR count). The van der Waals surface area contributed by atoms with Crippen molar-refractivity contribution in [2.24, 2.45) is 0 Å². The van der Waals surface area contributed by atoms with Crippen LogP contribution < -0.4 is 15.9 Å². The third-order valence-electron chi connectivity index (χ3n) is 4.63. The Morgan fingerprint density at radius 3 is 2.70 bits per heavy atom. The zero-order valence-corrected chi connectivity index (χ0v) is 18.5. The summed E-state index contributed by atoms with van der Waals surface area (Å²) in [4.78, 5) is 12.2. The monoisotopic (exact) mass is 425 g/mol. The number of benzene rings is 2. The Kier molecular flexibility index (Phi) is 6.99. The fourth-order valence-corrected chi connectivity index (χ4v) is 3.59. The summed E-state index contributed by atoms with van der Waals surface area (Å²) in [6.45, 7) is 8.42. The van der Waals surface area contributed by atoms with Crippen LogP contribution >= 0.6 is 11.8 Å². The van der Waals surface area contributed by atoms with Gasteiger partial charge in [0.25, 0.3) is 0 Å². The van der Waals surface area contributed by atoms with E-state index < -0.39 is 0 Å². The van der Waals surface area contributed by atoms with E-state index in [1.807, 2.05) is 44.2 Å². The predicted molar refractivity (Wildman–Crippen MR) is 120 cm³/mol. The second-order valence-electron chi connectivity index (χ2n) is 7.41. The van der Waals surface area contributed by atoms with Gasteiger partial charge in [-0.05, 0) is 48.6 Å². The van der Waals surface area contributed by atoms with E-state index in [9.17, 15) is 4.79 Å². The molecule has 0 unspecified atom stereocenters. The SMILES string of the molecule is Cc1ccc(C(C)C)c(OCc2nnc(SCC(=O)Nc3ccccc3C)n2N)c1. The summed E-state index contributed by atoms with van der Waals surface area (Å²) in [6, 6.07) is 13.8. The molecule has 0 bridgehead atoms. The van der Waals surface area contributed by atoms with E-state index in [1.165, 1.54) is 16.4 Å². The molecule has 1 aromatic heterocycles. The maximum atomic E-state index is 12.2. The number of nitrogens with two attached hydrogens (primary N) is 1. The van der Waals surface area contributed by atoms with Gasteiger partial charge in [-0.3, -0.25) is 4.79 Å². The van der Waals surface area contributed by atoms with Crippen molar-refractivity contribution in [3.8, 4) is 5.75 Å². The molecule has 0 aliphatic heterocycles. The molecule has 30 heavy (non-hydrogen) atoms.